The van der Waals surface area contributed by atoms with Crippen molar-refractivity contribution in [3.63, 3.8) is 0 Å². The number of rotatable bonds is 9. The number of aliphatic carboxylic acids is 1. The molecule has 3 N–H and O–H groups in total. The lowest BCUT2D eigenvalue weighted by Crippen LogP contribution is -2.56. The summed E-state index contributed by atoms with van der Waals surface area (Å²) < 4.78 is 0. The Morgan fingerprint density at radius 3 is 2.52 bits per heavy atom. The molecule has 138 valence electrons. The van der Waals surface area contributed by atoms with E-state index in [1.54, 1.807) is 11.8 Å². The van der Waals surface area contributed by atoms with Crippen LogP contribution in [0, 0.1) is 0 Å². The largest absolute Gasteiger partial charge is 0.480 e. The minimum Gasteiger partial charge on any atom is -0.480 e. The summed E-state index contributed by atoms with van der Waals surface area (Å²) in [5.41, 5.74) is 1.20. The highest BCUT2D eigenvalue weighted by Gasteiger charge is 2.34. The lowest BCUT2D eigenvalue weighted by molar-refractivity contribution is -0.139. The number of hydrogen-bond acceptors (Lipinski definition) is 4. The Balaban J connectivity index is 1.62. The van der Waals surface area contributed by atoms with Crippen molar-refractivity contribution in [2.75, 3.05) is 25.9 Å². The normalized spacial score (nSPS) is 19.3. The highest BCUT2D eigenvalue weighted by Crippen LogP contribution is 2.25. The number of amides is 2. The predicted octanol–water partition coefficient (Wildman–Crippen LogP) is 2.19. The number of thioether (sulfide) groups is 1. The number of nitrogens with one attached hydrogen (secondary N) is 2. The zero-order valence-electron chi connectivity index (χ0n) is 14.8. The molecule has 1 aromatic carbocycles. The first kappa shape index (κ1) is 19.6. The molecule has 0 saturated heterocycles. The topological polar surface area (TPSA) is 81.7 Å². The summed E-state index contributed by atoms with van der Waals surface area (Å²) >= 11 is 1.71. The summed E-state index contributed by atoms with van der Waals surface area (Å²) in [7, 11) is 0. The van der Waals surface area contributed by atoms with Crippen LogP contribution >= 0.6 is 11.8 Å². The van der Waals surface area contributed by atoms with Crippen LogP contribution in [0.3, 0.4) is 0 Å². The molecule has 0 heterocycles. The van der Waals surface area contributed by atoms with E-state index in [0.29, 0.717) is 13.1 Å². The van der Waals surface area contributed by atoms with Crippen molar-refractivity contribution >= 4 is 23.8 Å². The van der Waals surface area contributed by atoms with Crippen LogP contribution in [0.25, 0.3) is 0 Å². The van der Waals surface area contributed by atoms with E-state index >= 15 is 0 Å². The van der Waals surface area contributed by atoms with Gasteiger partial charge in [0.05, 0.1) is 6.54 Å². The fourth-order valence-corrected chi connectivity index (χ4v) is 3.43. The van der Waals surface area contributed by atoms with E-state index in [4.69, 9.17) is 5.11 Å². The van der Waals surface area contributed by atoms with Gasteiger partial charge < -0.3 is 15.7 Å². The molecule has 1 saturated carbocycles. The van der Waals surface area contributed by atoms with Crippen molar-refractivity contribution < 1.29 is 14.7 Å². The van der Waals surface area contributed by atoms with E-state index in [-0.39, 0.29) is 24.7 Å². The molecule has 0 unspecified atom stereocenters. The van der Waals surface area contributed by atoms with Gasteiger partial charge in [-0.3, -0.25) is 9.69 Å². The zero-order chi connectivity index (χ0) is 18.2. The Kier molecular flexibility index (Phi) is 7.58. The van der Waals surface area contributed by atoms with Crippen LogP contribution in [0.2, 0.25) is 0 Å². The van der Waals surface area contributed by atoms with Crippen molar-refractivity contribution in [3.05, 3.63) is 29.8 Å². The first-order valence-corrected chi connectivity index (χ1v) is 9.87. The maximum Gasteiger partial charge on any atom is 0.317 e. The second-order valence-corrected chi connectivity index (χ2v) is 7.16. The van der Waals surface area contributed by atoms with Crippen LogP contribution in [0.5, 0.6) is 0 Å². The molecular formula is C18H27N3O3S. The third-order valence-electron chi connectivity index (χ3n) is 4.57. The van der Waals surface area contributed by atoms with Crippen molar-refractivity contribution in [1.29, 1.82) is 0 Å². The Morgan fingerprint density at radius 2 is 1.96 bits per heavy atom. The van der Waals surface area contributed by atoms with E-state index < -0.39 is 5.97 Å². The molecule has 0 radical (unpaired) electrons. The van der Waals surface area contributed by atoms with Gasteiger partial charge in [0.1, 0.15) is 0 Å². The Bertz CT molecular complexity index is 573. The third kappa shape index (κ3) is 6.25. The number of urea groups is 1. The van der Waals surface area contributed by atoms with Gasteiger partial charge in [-0.2, -0.15) is 0 Å². The highest BCUT2D eigenvalue weighted by molar-refractivity contribution is 7.98. The lowest BCUT2D eigenvalue weighted by Gasteiger charge is -2.42. The van der Waals surface area contributed by atoms with Crippen molar-refractivity contribution in [3.8, 4) is 0 Å². The molecule has 7 heteroatoms. The molecule has 0 spiro atoms. The molecular weight excluding hydrogens is 338 g/mol. The molecule has 1 aromatic rings. The summed E-state index contributed by atoms with van der Waals surface area (Å²) in [6.45, 7) is 3.34. The first-order chi connectivity index (χ1) is 12.0. The van der Waals surface area contributed by atoms with Gasteiger partial charge in [0.15, 0.2) is 0 Å². The van der Waals surface area contributed by atoms with Crippen LogP contribution in [0.1, 0.15) is 25.3 Å². The molecule has 2 amide bonds. The number of likely N-dealkylation sites (N-methyl/N-ethyl adjacent to an activating group) is 1. The smallest absolute Gasteiger partial charge is 0.317 e. The van der Waals surface area contributed by atoms with Crippen LogP contribution < -0.4 is 10.6 Å². The molecule has 1 aliphatic rings. The van der Waals surface area contributed by atoms with E-state index in [9.17, 15) is 9.59 Å². The summed E-state index contributed by atoms with van der Waals surface area (Å²) in [6, 6.07) is 8.59. The van der Waals surface area contributed by atoms with Gasteiger partial charge in [0.2, 0.25) is 0 Å². The van der Waals surface area contributed by atoms with Crippen LogP contribution in [0.4, 0.5) is 4.79 Å². The predicted molar refractivity (Wildman–Crippen MR) is 100 cm³/mol. The van der Waals surface area contributed by atoms with Crippen LogP contribution in [0.15, 0.2) is 29.2 Å². The Morgan fingerprint density at radius 1 is 1.28 bits per heavy atom. The Hall–Kier alpha value is -1.73. The van der Waals surface area contributed by atoms with Gasteiger partial charge in [-0.1, -0.05) is 19.1 Å². The zero-order valence-corrected chi connectivity index (χ0v) is 15.6. The van der Waals surface area contributed by atoms with Crippen LogP contribution in [-0.2, 0) is 11.2 Å². The number of carbonyl (C=O) groups excluding carboxylic acids is 1. The number of carboxylic acids is 1. The summed E-state index contributed by atoms with van der Waals surface area (Å²) in [5.74, 6) is -0.804. The van der Waals surface area contributed by atoms with E-state index in [0.717, 1.165) is 19.3 Å². The minimum absolute atomic E-state index is 0.0649. The molecule has 0 aliphatic heterocycles. The van der Waals surface area contributed by atoms with Gasteiger partial charge in [-0.25, -0.2) is 4.79 Å². The number of benzene rings is 1. The maximum absolute atomic E-state index is 11.9. The van der Waals surface area contributed by atoms with Crippen molar-refractivity contribution in [2.24, 2.45) is 0 Å². The van der Waals surface area contributed by atoms with Gasteiger partial charge >= 0.3 is 12.0 Å². The van der Waals surface area contributed by atoms with E-state index in [1.165, 1.54) is 10.5 Å². The quantitative estimate of drug-likeness (QED) is 0.585. The third-order valence-corrected chi connectivity index (χ3v) is 5.31. The van der Waals surface area contributed by atoms with E-state index in [2.05, 4.69) is 34.9 Å². The highest BCUT2D eigenvalue weighted by atomic mass is 32.2. The van der Waals surface area contributed by atoms with Crippen molar-refractivity contribution in [1.82, 2.24) is 15.5 Å². The van der Waals surface area contributed by atoms with Gasteiger partial charge in [-0.15, -0.1) is 11.8 Å². The Labute approximate surface area is 153 Å². The number of carbonyl (C=O) groups is 2. The van der Waals surface area contributed by atoms with Gasteiger partial charge in [0, 0.05) is 23.5 Å². The fraction of sp³-hybridized carbons (Fsp3) is 0.556. The first-order valence-electron chi connectivity index (χ1n) is 8.65. The second kappa shape index (κ2) is 9.68. The molecule has 0 bridgehead atoms. The number of carboxylic acid groups (broad SMARTS) is 1. The molecule has 0 atom stereocenters. The number of hydrogen-bond donors (Lipinski definition) is 3. The molecule has 2 rings (SSSR count). The summed E-state index contributed by atoms with van der Waals surface area (Å²) in [4.78, 5) is 25.9. The average molecular weight is 365 g/mol. The maximum atomic E-state index is 11.9. The van der Waals surface area contributed by atoms with Gasteiger partial charge in [0.25, 0.3) is 0 Å². The average Bonchev–Trinajstić information content (AvgIpc) is 2.56. The van der Waals surface area contributed by atoms with Gasteiger partial charge in [-0.05, 0) is 49.8 Å². The summed E-state index contributed by atoms with van der Waals surface area (Å²) in [5, 5.41) is 14.7. The number of nitrogens with zero attached hydrogens (tertiary/aromatic N) is 1. The summed E-state index contributed by atoms with van der Waals surface area (Å²) in [6.07, 6.45) is 4.47. The molecule has 1 aliphatic carbocycles. The van der Waals surface area contributed by atoms with Crippen molar-refractivity contribution in [2.45, 2.75) is 43.2 Å². The SMILES string of the molecule is CCN(CC(=O)O)C1CC(NC(=O)NCCc2ccc(SC)cc2)C1. The lowest BCUT2D eigenvalue weighted by atomic mass is 9.85. The second-order valence-electron chi connectivity index (χ2n) is 6.28. The standard InChI is InChI=1S/C18H27N3O3S/c1-3-21(12-17(22)23)15-10-14(11-15)20-18(24)19-9-8-13-4-6-16(25-2)7-5-13/h4-7,14-15H,3,8-12H2,1-2H3,(H,22,23)(H2,19,20,24). The fourth-order valence-electron chi connectivity index (χ4n) is 3.03. The minimum atomic E-state index is -0.804. The van der Waals surface area contributed by atoms with E-state index in [1.807, 2.05) is 18.1 Å². The molecule has 0 aromatic heterocycles. The van der Waals surface area contributed by atoms with Crippen LogP contribution in [-0.4, -0.2) is 60.0 Å². The molecule has 6 nitrogen and oxygen atoms in total. The monoisotopic (exact) mass is 365 g/mol. The molecule has 1 fully saturated rings. The molecule has 25 heavy (non-hydrogen) atoms.